The minimum atomic E-state index is 0.660. The van der Waals surface area contributed by atoms with Crippen molar-refractivity contribution in [2.75, 3.05) is 20.1 Å². The van der Waals surface area contributed by atoms with Gasteiger partial charge in [0.2, 0.25) is 0 Å². The summed E-state index contributed by atoms with van der Waals surface area (Å²) in [7, 11) is 2.13. The highest BCUT2D eigenvalue weighted by atomic mass is 15.1. The van der Waals surface area contributed by atoms with E-state index in [9.17, 15) is 0 Å². The van der Waals surface area contributed by atoms with Crippen molar-refractivity contribution in [2.24, 2.45) is 0 Å². The van der Waals surface area contributed by atoms with E-state index in [-0.39, 0.29) is 0 Å². The molecule has 0 unspecified atom stereocenters. The van der Waals surface area contributed by atoms with Crippen LogP contribution in [0.15, 0.2) is 12.1 Å². The van der Waals surface area contributed by atoms with E-state index in [4.69, 9.17) is 5.26 Å². The Bertz CT molecular complexity index is 429. The van der Waals surface area contributed by atoms with Crippen LogP contribution in [-0.2, 0) is 6.42 Å². The Morgan fingerprint density at radius 2 is 1.72 bits per heavy atom. The molecule has 0 fully saturated rings. The molecule has 0 radical (unpaired) electrons. The molecule has 0 aromatic heterocycles. The number of aryl methyl sites for hydroxylation is 3. The van der Waals surface area contributed by atoms with Crippen LogP contribution in [0.4, 0.5) is 0 Å². The molecule has 0 aliphatic heterocycles. The molecule has 0 aliphatic carbocycles. The van der Waals surface area contributed by atoms with Gasteiger partial charge in [0.05, 0.1) is 6.07 Å². The van der Waals surface area contributed by atoms with E-state index in [0.717, 1.165) is 25.9 Å². The number of nitriles is 1. The third kappa shape index (κ3) is 4.50. The van der Waals surface area contributed by atoms with Gasteiger partial charge < -0.3 is 4.90 Å². The third-order valence-electron chi connectivity index (χ3n) is 3.54. The maximum atomic E-state index is 8.51. The summed E-state index contributed by atoms with van der Waals surface area (Å²) in [4.78, 5) is 2.31. The van der Waals surface area contributed by atoms with Gasteiger partial charge in [0.15, 0.2) is 0 Å². The lowest BCUT2D eigenvalue weighted by Gasteiger charge is -2.17. The van der Waals surface area contributed by atoms with Crippen molar-refractivity contribution in [2.45, 2.75) is 40.0 Å². The standard InChI is InChI=1S/C16H24N2/c1-13-11-15(3)16(12-14(13)2)7-10-18(4)9-6-5-8-17/h11-12H,5-7,9-10H2,1-4H3. The number of benzene rings is 1. The fourth-order valence-corrected chi connectivity index (χ4v) is 2.14. The summed E-state index contributed by atoms with van der Waals surface area (Å²) >= 11 is 0. The van der Waals surface area contributed by atoms with E-state index in [1.54, 1.807) is 0 Å². The Hall–Kier alpha value is -1.33. The van der Waals surface area contributed by atoms with Crippen LogP contribution in [0.2, 0.25) is 0 Å². The average molecular weight is 244 g/mol. The van der Waals surface area contributed by atoms with Crippen molar-refractivity contribution in [1.29, 1.82) is 5.26 Å². The molecule has 0 spiro atoms. The van der Waals surface area contributed by atoms with Crippen LogP contribution in [0.1, 0.15) is 35.1 Å². The lowest BCUT2D eigenvalue weighted by Crippen LogP contribution is -2.22. The van der Waals surface area contributed by atoms with Crippen LogP contribution in [0.5, 0.6) is 0 Å². The normalized spacial score (nSPS) is 10.7. The van der Waals surface area contributed by atoms with Crippen molar-refractivity contribution in [3.8, 4) is 6.07 Å². The number of hydrogen-bond acceptors (Lipinski definition) is 2. The van der Waals surface area contributed by atoms with Crippen molar-refractivity contribution in [3.05, 3.63) is 34.4 Å². The van der Waals surface area contributed by atoms with Gasteiger partial charge in [0.25, 0.3) is 0 Å². The highest BCUT2D eigenvalue weighted by Gasteiger charge is 2.04. The number of rotatable bonds is 6. The lowest BCUT2D eigenvalue weighted by atomic mass is 9.99. The van der Waals surface area contributed by atoms with Crippen LogP contribution in [-0.4, -0.2) is 25.0 Å². The van der Waals surface area contributed by atoms with Gasteiger partial charge in [-0.3, -0.25) is 0 Å². The second-order valence-electron chi connectivity index (χ2n) is 5.18. The van der Waals surface area contributed by atoms with Gasteiger partial charge in [-0.15, -0.1) is 0 Å². The predicted molar refractivity (Wildman–Crippen MR) is 76.7 cm³/mol. The van der Waals surface area contributed by atoms with Crippen LogP contribution < -0.4 is 0 Å². The van der Waals surface area contributed by atoms with Gasteiger partial charge in [-0.2, -0.15) is 5.26 Å². The fraction of sp³-hybridized carbons (Fsp3) is 0.562. The van der Waals surface area contributed by atoms with Gasteiger partial charge >= 0.3 is 0 Å². The van der Waals surface area contributed by atoms with Crippen molar-refractivity contribution in [1.82, 2.24) is 4.90 Å². The molecular formula is C16H24N2. The van der Waals surface area contributed by atoms with Crippen LogP contribution in [0, 0.1) is 32.1 Å². The second kappa shape index (κ2) is 7.18. The summed E-state index contributed by atoms with van der Waals surface area (Å²) in [6.07, 6.45) is 2.72. The van der Waals surface area contributed by atoms with Gasteiger partial charge in [-0.05, 0) is 69.5 Å². The van der Waals surface area contributed by atoms with Crippen molar-refractivity contribution >= 4 is 0 Å². The summed E-state index contributed by atoms with van der Waals surface area (Å²) in [5, 5.41) is 8.51. The topological polar surface area (TPSA) is 27.0 Å². The summed E-state index contributed by atoms with van der Waals surface area (Å²) < 4.78 is 0. The molecule has 0 amide bonds. The molecule has 1 aromatic carbocycles. The number of nitrogens with zero attached hydrogens (tertiary/aromatic N) is 2. The zero-order valence-electron chi connectivity index (χ0n) is 12.1. The number of likely N-dealkylation sites (N-methyl/N-ethyl adjacent to an activating group) is 1. The highest BCUT2D eigenvalue weighted by Crippen LogP contribution is 2.16. The maximum absolute atomic E-state index is 8.51. The van der Waals surface area contributed by atoms with Gasteiger partial charge in [0.1, 0.15) is 0 Å². The molecule has 2 heteroatoms. The molecule has 0 N–H and O–H groups in total. The molecule has 98 valence electrons. The lowest BCUT2D eigenvalue weighted by molar-refractivity contribution is 0.335. The van der Waals surface area contributed by atoms with E-state index < -0.39 is 0 Å². The minimum Gasteiger partial charge on any atom is -0.306 e. The maximum Gasteiger partial charge on any atom is 0.0622 e. The Labute approximate surface area is 111 Å². The van der Waals surface area contributed by atoms with E-state index >= 15 is 0 Å². The van der Waals surface area contributed by atoms with Gasteiger partial charge in [0, 0.05) is 13.0 Å². The molecule has 0 saturated heterocycles. The average Bonchev–Trinajstić information content (AvgIpc) is 2.32. The third-order valence-corrected chi connectivity index (χ3v) is 3.54. The van der Waals surface area contributed by atoms with Gasteiger partial charge in [-0.1, -0.05) is 12.1 Å². The first-order valence-corrected chi connectivity index (χ1v) is 6.67. The van der Waals surface area contributed by atoms with Crippen molar-refractivity contribution in [3.63, 3.8) is 0 Å². The quantitative estimate of drug-likeness (QED) is 0.717. The predicted octanol–water partition coefficient (Wildman–Crippen LogP) is 3.39. The molecular weight excluding hydrogens is 220 g/mol. The first kappa shape index (κ1) is 14.7. The molecule has 0 bridgehead atoms. The smallest absolute Gasteiger partial charge is 0.0622 e. The Morgan fingerprint density at radius 1 is 1.06 bits per heavy atom. The minimum absolute atomic E-state index is 0.660. The first-order valence-electron chi connectivity index (χ1n) is 6.67. The summed E-state index contributed by atoms with van der Waals surface area (Å²) in [5.74, 6) is 0. The molecule has 0 saturated carbocycles. The zero-order chi connectivity index (χ0) is 13.5. The van der Waals surface area contributed by atoms with E-state index in [1.165, 1.54) is 22.3 Å². The van der Waals surface area contributed by atoms with Crippen LogP contribution in [0.3, 0.4) is 0 Å². The van der Waals surface area contributed by atoms with Gasteiger partial charge in [-0.25, -0.2) is 0 Å². The summed E-state index contributed by atoms with van der Waals surface area (Å²) in [6.45, 7) is 8.61. The summed E-state index contributed by atoms with van der Waals surface area (Å²) in [5.41, 5.74) is 5.59. The number of unbranched alkanes of at least 4 members (excludes halogenated alkanes) is 1. The Morgan fingerprint density at radius 3 is 2.39 bits per heavy atom. The van der Waals surface area contributed by atoms with E-state index in [2.05, 4.69) is 50.9 Å². The molecule has 1 rings (SSSR count). The van der Waals surface area contributed by atoms with E-state index in [1.807, 2.05) is 0 Å². The Kier molecular flexibility index (Phi) is 5.88. The largest absolute Gasteiger partial charge is 0.306 e. The molecule has 0 aliphatic rings. The first-order chi connectivity index (χ1) is 8.54. The SMILES string of the molecule is Cc1cc(C)c(CCN(C)CCCC#N)cc1C. The highest BCUT2D eigenvalue weighted by molar-refractivity contribution is 5.36. The monoisotopic (exact) mass is 244 g/mol. The fourth-order valence-electron chi connectivity index (χ4n) is 2.14. The zero-order valence-corrected chi connectivity index (χ0v) is 12.1. The van der Waals surface area contributed by atoms with Crippen molar-refractivity contribution < 1.29 is 0 Å². The van der Waals surface area contributed by atoms with Crippen LogP contribution in [0.25, 0.3) is 0 Å². The molecule has 2 nitrogen and oxygen atoms in total. The molecule has 18 heavy (non-hydrogen) atoms. The Balaban J connectivity index is 2.48. The molecule has 0 atom stereocenters. The number of hydrogen-bond donors (Lipinski definition) is 0. The molecule has 0 heterocycles. The van der Waals surface area contributed by atoms with Crippen LogP contribution >= 0.6 is 0 Å². The molecule has 1 aromatic rings. The summed E-state index contributed by atoms with van der Waals surface area (Å²) in [6, 6.07) is 6.78. The van der Waals surface area contributed by atoms with E-state index in [0.29, 0.717) is 6.42 Å². The second-order valence-corrected chi connectivity index (χ2v) is 5.18.